The predicted octanol–water partition coefficient (Wildman–Crippen LogP) is 3.43. The van der Waals surface area contributed by atoms with Crippen molar-refractivity contribution < 1.29 is 9.53 Å². The predicted molar refractivity (Wildman–Crippen MR) is 101 cm³/mol. The molecule has 138 valence electrons. The molecule has 0 aromatic heterocycles. The summed E-state index contributed by atoms with van der Waals surface area (Å²) in [5, 5.41) is 0.760. The van der Waals surface area contributed by atoms with Crippen LogP contribution in [0.5, 0.6) is 0 Å². The number of fused-ring (bicyclic) bond motifs is 2. The van der Waals surface area contributed by atoms with E-state index in [2.05, 4.69) is 17.0 Å². The van der Waals surface area contributed by atoms with Crippen LogP contribution in [0.15, 0.2) is 18.2 Å². The average molecular weight is 366 g/mol. The van der Waals surface area contributed by atoms with E-state index in [9.17, 15) is 4.79 Å². The first-order chi connectivity index (χ1) is 11.8. The van der Waals surface area contributed by atoms with E-state index in [1.165, 1.54) is 0 Å². The lowest BCUT2D eigenvalue weighted by molar-refractivity contribution is 0.0123. The maximum atomic E-state index is 12.5. The zero-order valence-electron chi connectivity index (χ0n) is 15.3. The topological polar surface area (TPSA) is 58.8 Å². The van der Waals surface area contributed by atoms with Gasteiger partial charge in [0.25, 0.3) is 0 Å². The number of carbonyl (C=O) groups is 1. The SMILES string of the molecule is CC(C)(C)OC(=O)N1C2CCC1CN(c1ccc(CCN)cc1Cl)C2. The summed E-state index contributed by atoms with van der Waals surface area (Å²) >= 11 is 6.51. The highest BCUT2D eigenvalue weighted by atomic mass is 35.5. The summed E-state index contributed by atoms with van der Waals surface area (Å²) in [5.41, 5.74) is 7.36. The van der Waals surface area contributed by atoms with Gasteiger partial charge in [0.1, 0.15) is 5.60 Å². The van der Waals surface area contributed by atoms with Crippen LogP contribution in [-0.4, -0.2) is 48.3 Å². The van der Waals surface area contributed by atoms with E-state index >= 15 is 0 Å². The Morgan fingerprint density at radius 1 is 1.28 bits per heavy atom. The molecule has 2 saturated heterocycles. The Bertz CT molecular complexity index is 630. The molecule has 0 aliphatic carbocycles. The molecule has 2 fully saturated rings. The van der Waals surface area contributed by atoms with Crippen molar-refractivity contribution in [3.05, 3.63) is 28.8 Å². The van der Waals surface area contributed by atoms with Gasteiger partial charge in [-0.2, -0.15) is 0 Å². The molecule has 6 heteroatoms. The summed E-state index contributed by atoms with van der Waals surface area (Å²) in [5.74, 6) is 0. The molecule has 2 aliphatic heterocycles. The maximum absolute atomic E-state index is 12.5. The number of hydrogen-bond acceptors (Lipinski definition) is 4. The van der Waals surface area contributed by atoms with Gasteiger partial charge < -0.3 is 15.4 Å². The molecular weight excluding hydrogens is 338 g/mol. The second kappa shape index (κ2) is 7.04. The van der Waals surface area contributed by atoms with Crippen molar-refractivity contribution in [2.75, 3.05) is 24.5 Å². The van der Waals surface area contributed by atoms with Crippen LogP contribution >= 0.6 is 11.6 Å². The van der Waals surface area contributed by atoms with Crippen LogP contribution in [0.3, 0.4) is 0 Å². The Labute approximate surface area is 155 Å². The van der Waals surface area contributed by atoms with E-state index in [4.69, 9.17) is 22.1 Å². The van der Waals surface area contributed by atoms with Gasteiger partial charge in [0, 0.05) is 13.1 Å². The quantitative estimate of drug-likeness (QED) is 0.891. The van der Waals surface area contributed by atoms with Crippen molar-refractivity contribution in [2.24, 2.45) is 5.73 Å². The number of hydrogen-bond donors (Lipinski definition) is 1. The fourth-order valence-electron chi connectivity index (χ4n) is 3.84. The third-order valence-electron chi connectivity index (χ3n) is 4.87. The van der Waals surface area contributed by atoms with Crippen LogP contribution in [0, 0.1) is 0 Å². The molecule has 2 heterocycles. The lowest BCUT2D eigenvalue weighted by Crippen LogP contribution is -2.56. The molecular formula is C19H28ClN3O2. The first kappa shape index (κ1) is 18.3. The summed E-state index contributed by atoms with van der Waals surface area (Å²) in [7, 11) is 0. The minimum absolute atomic E-state index is 0.188. The van der Waals surface area contributed by atoms with Crippen LogP contribution in [0.25, 0.3) is 0 Å². The molecule has 0 saturated carbocycles. The molecule has 2 aliphatic rings. The zero-order valence-corrected chi connectivity index (χ0v) is 16.1. The second-order valence-electron chi connectivity index (χ2n) is 8.00. The molecule has 0 spiro atoms. The van der Waals surface area contributed by atoms with Crippen LogP contribution in [0.1, 0.15) is 39.2 Å². The molecule has 0 radical (unpaired) electrons. The molecule has 2 unspecified atom stereocenters. The van der Waals surface area contributed by atoms with Crippen molar-refractivity contribution in [3.63, 3.8) is 0 Å². The van der Waals surface area contributed by atoms with Crippen molar-refractivity contribution >= 4 is 23.4 Å². The minimum Gasteiger partial charge on any atom is -0.444 e. The molecule has 1 aromatic carbocycles. The Hall–Kier alpha value is -1.46. The van der Waals surface area contributed by atoms with E-state index in [0.29, 0.717) is 6.54 Å². The van der Waals surface area contributed by atoms with Crippen LogP contribution in [0.2, 0.25) is 5.02 Å². The molecule has 2 N–H and O–H groups in total. The molecule has 5 nitrogen and oxygen atoms in total. The highest BCUT2D eigenvalue weighted by Crippen LogP contribution is 2.36. The van der Waals surface area contributed by atoms with E-state index in [0.717, 1.165) is 48.6 Å². The van der Waals surface area contributed by atoms with Gasteiger partial charge in [0.15, 0.2) is 0 Å². The molecule has 1 amide bonds. The van der Waals surface area contributed by atoms with Crippen molar-refractivity contribution in [1.82, 2.24) is 4.90 Å². The monoisotopic (exact) mass is 365 g/mol. The lowest BCUT2D eigenvalue weighted by Gasteiger charge is -2.42. The van der Waals surface area contributed by atoms with Crippen LogP contribution < -0.4 is 10.6 Å². The Morgan fingerprint density at radius 2 is 1.92 bits per heavy atom. The normalized spacial score (nSPS) is 23.1. The van der Waals surface area contributed by atoms with Crippen LogP contribution in [-0.2, 0) is 11.2 Å². The number of ether oxygens (including phenoxy) is 1. The summed E-state index contributed by atoms with van der Waals surface area (Å²) in [6, 6.07) is 6.56. The second-order valence-corrected chi connectivity index (χ2v) is 8.41. The number of amides is 1. The minimum atomic E-state index is -0.463. The van der Waals surface area contributed by atoms with Gasteiger partial charge >= 0.3 is 6.09 Å². The van der Waals surface area contributed by atoms with Crippen molar-refractivity contribution in [3.8, 4) is 0 Å². The largest absolute Gasteiger partial charge is 0.444 e. The summed E-state index contributed by atoms with van der Waals surface area (Å²) in [6.45, 7) is 7.94. The zero-order chi connectivity index (χ0) is 18.2. The van der Waals surface area contributed by atoms with Crippen LogP contribution in [0.4, 0.5) is 10.5 Å². The van der Waals surface area contributed by atoms with Gasteiger partial charge in [-0.1, -0.05) is 17.7 Å². The van der Waals surface area contributed by atoms with E-state index in [1.807, 2.05) is 31.7 Å². The van der Waals surface area contributed by atoms with Gasteiger partial charge in [-0.05, 0) is 64.3 Å². The first-order valence-corrected chi connectivity index (χ1v) is 9.41. The van der Waals surface area contributed by atoms with Gasteiger partial charge in [0.05, 0.1) is 22.8 Å². The maximum Gasteiger partial charge on any atom is 0.410 e. The molecule has 2 bridgehead atoms. The smallest absolute Gasteiger partial charge is 0.410 e. The number of benzene rings is 1. The third-order valence-corrected chi connectivity index (χ3v) is 5.18. The Kier molecular flexibility index (Phi) is 5.16. The average Bonchev–Trinajstić information content (AvgIpc) is 2.77. The van der Waals surface area contributed by atoms with Crippen molar-refractivity contribution in [1.29, 1.82) is 0 Å². The lowest BCUT2D eigenvalue weighted by atomic mass is 10.1. The number of nitrogens with two attached hydrogens (primary N) is 1. The number of piperazine rings is 1. The Balaban J connectivity index is 1.73. The number of nitrogens with zero attached hydrogens (tertiary/aromatic N) is 2. The summed E-state index contributed by atoms with van der Waals surface area (Å²) in [4.78, 5) is 16.8. The standard InChI is InChI=1S/C19H28ClN3O2/c1-19(2,3)25-18(24)23-14-5-6-15(23)12-22(11-14)17-7-4-13(8-9-21)10-16(17)20/h4,7,10,14-15H,5-6,8-9,11-12,21H2,1-3H3. The third kappa shape index (κ3) is 4.04. The van der Waals surface area contributed by atoms with Gasteiger partial charge in [-0.15, -0.1) is 0 Å². The fraction of sp³-hybridized carbons (Fsp3) is 0.632. The number of carbonyl (C=O) groups excluding carboxylic acids is 1. The molecule has 1 aromatic rings. The van der Waals surface area contributed by atoms with E-state index < -0.39 is 5.60 Å². The van der Waals surface area contributed by atoms with Gasteiger partial charge in [0.2, 0.25) is 0 Å². The first-order valence-electron chi connectivity index (χ1n) is 9.03. The van der Waals surface area contributed by atoms with E-state index in [1.54, 1.807) is 0 Å². The Morgan fingerprint density at radius 3 is 2.44 bits per heavy atom. The number of rotatable bonds is 3. The highest BCUT2D eigenvalue weighted by molar-refractivity contribution is 6.33. The van der Waals surface area contributed by atoms with Gasteiger partial charge in [-0.25, -0.2) is 4.79 Å². The molecule has 25 heavy (non-hydrogen) atoms. The number of anilines is 1. The summed E-state index contributed by atoms with van der Waals surface area (Å²) < 4.78 is 5.60. The van der Waals surface area contributed by atoms with Crippen molar-refractivity contribution in [2.45, 2.75) is 57.7 Å². The molecule has 3 rings (SSSR count). The van der Waals surface area contributed by atoms with Gasteiger partial charge in [-0.3, -0.25) is 4.90 Å². The number of halogens is 1. The van der Waals surface area contributed by atoms with E-state index in [-0.39, 0.29) is 18.2 Å². The summed E-state index contributed by atoms with van der Waals surface area (Å²) in [6.07, 6.45) is 2.67. The highest BCUT2D eigenvalue weighted by Gasteiger charge is 2.44. The molecule has 2 atom stereocenters. The fourth-order valence-corrected chi connectivity index (χ4v) is 4.16.